The summed E-state index contributed by atoms with van der Waals surface area (Å²) in [5, 5.41) is 0. The van der Waals surface area contributed by atoms with Crippen molar-refractivity contribution >= 4 is 5.91 Å². The van der Waals surface area contributed by atoms with E-state index in [0.717, 1.165) is 25.8 Å². The Morgan fingerprint density at radius 2 is 2.47 bits per heavy atom. The Bertz CT molecular complexity index is 367. The maximum Gasteiger partial charge on any atom is 0.255 e. The fourth-order valence-corrected chi connectivity index (χ4v) is 2.21. The molecule has 2 N–H and O–H groups in total. The molecule has 2 heterocycles. The van der Waals surface area contributed by atoms with Gasteiger partial charge in [0.25, 0.3) is 5.91 Å². The van der Waals surface area contributed by atoms with Gasteiger partial charge in [-0.3, -0.25) is 9.78 Å². The minimum absolute atomic E-state index is 0.0138. The molecule has 1 unspecified atom stereocenters. The summed E-state index contributed by atoms with van der Waals surface area (Å²) in [4.78, 5) is 22.8. The van der Waals surface area contributed by atoms with Crippen LogP contribution < -0.4 is 5.90 Å². The van der Waals surface area contributed by atoms with Gasteiger partial charge in [-0.2, -0.15) is 0 Å². The van der Waals surface area contributed by atoms with E-state index < -0.39 is 0 Å². The highest BCUT2D eigenvalue weighted by Gasteiger charge is 2.27. The Labute approximate surface area is 101 Å². The topological polar surface area (TPSA) is 68.5 Å². The molecule has 1 amide bonds. The molecular formula is C12H17N3O2. The van der Waals surface area contributed by atoms with Gasteiger partial charge < -0.3 is 9.74 Å². The predicted octanol–water partition coefficient (Wildman–Crippen LogP) is 0.967. The Kier molecular flexibility index (Phi) is 4.06. The van der Waals surface area contributed by atoms with E-state index in [1.54, 1.807) is 24.5 Å². The molecule has 1 saturated heterocycles. The van der Waals surface area contributed by atoms with E-state index in [1.165, 1.54) is 0 Å². The van der Waals surface area contributed by atoms with Crippen LogP contribution in [0.4, 0.5) is 0 Å². The monoisotopic (exact) mass is 235 g/mol. The number of carbonyl (C=O) groups excluding carboxylic acids is 1. The Morgan fingerprint density at radius 3 is 3.18 bits per heavy atom. The van der Waals surface area contributed by atoms with E-state index in [1.807, 2.05) is 4.90 Å². The molecule has 0 radical (unpaired) electrons. The minimum atomic E-state index is 0.0138. The molecular weight excluding hydrogens is 218 g/mol. The lowest BCUT2D eigenvalue weighted by Crippen LogP contribution is -2.46. The van der Waals surface area contributed by atoms with Crippen LogP contribution in [0, 0.1) is 0 Å². The predicted molar refractivity (Wildman–Crippen MR) is 63.1 cm³/mol. The van der Waals surface area contributed by atoms with Crippen molar-refractivity contribution in [3.8, 4) is 0 Å². The molecule has 1 fully saturated rings. The molecule has 17 heavy (non-hydrogen) atoms. The van der Waals surface area contributed by atoms with Gasteiger partial charge in [0, 0.05) is 18.9 Å². The largest absolute Gasteiger partial charge is 0.333 e. The van der Waals surface area contributed by atoms with Crippen LogP contribution in [0.1, 0.15) is 29.6 Å². The van der Waals surface area contributed by atoms with Gasteiger partial charge in [0.05, 0.1) is 18.2 Å². The van der Waals surface area contributed by atoms with Gasteiger partial charge in [-0.05, 0) is 31.4 Å². The zero-order chi connectivity index (χ0) is 12.1. The number of amides is 1. The summed E-state index contributed by atoms with van der Waals surface area (Å²) in [7, 11) is 0. The third-order valence-electron chi connectivity index (χ3n) is 3.09. The lowest BCUT2D eigenvalue weighted by Gasteiger charge is -2.35. The standard InChI is InChI=1S/C12H17N3O2/c13-17-9-11-5-1-2-7-15(11)12(16)10-4-3-6-14-8-10/h3-4,6,8,11H,1-2,5,7,9,13H2. The third kappa shape index (κ3) is 2.81. The quantitative estimate of drug-likeness (QED) is 0.792. The van der Waals surface area contributed by atoms with Gasteiger partial charge in [0.1, 0.15) is 0 Å². The Balaban J connectivity index is 2.11. The zero-order valence-corrected chi connectivity index (χ0v) is 9.71. The molecule has 1 aliphatic rings. The van der Waals surface area contributed by atoms with Crippen LogP contribution >= 0.6 is 0 Å². The summed E-state index contributed by atoms with van der Waals surface area (Å²) < 4.78 is 0. The first-order valence-electron chi connectivity index (χ1n) is 5.85. The Hall–Kier alpha value is -1.46. The average molecular weight is 235 g/mol. The average Bonchev–Trinajstić information content (AvgIpc) is 2.40. The molecule has 0 spiro atoms. The van der Waals surface area contributed by atoms with Crippen molar-refractivity contribution in [3.63, 3.8) is 0 Å². The number of nitrogens with zero attached hydrogens (tertiary/aromatic N) is 2. The van der Waals surface area contributed by atoms with Crippen LogP contribution in [-0.4, -0.2) is 35.0 Å². The highest BCUT2D eigenvalue weighted by Crippen LogP contribution is 2.19. The van der Waals surface area contributed by atoms with E-state index in [4.69, 9.17) is 5.90 Å². The van der Waals surface area contributed by atoms with Crippen LogP contribution in [0.5, 0.6) is 0 Å². The van der Waals surface area contributed by atoms with Gasteiger partial charge in [-0.15, -0.1) is 0 Å². The van der Waals surface area contributed by atoms with E-state index in [-0.39, 0.29) is 11.9 Å². The van der Waals surface area contributed by atoms with Crippen LogP contribution in [0.3, 0.4) is 0 Å². The molecule has 92 valence electrons. The fourth-order valence-electron chi connectivity index (χ4n) is 2.21. The van der Waals surface area contributed by atoms with Crippen LogP contribution in [0.25, 0.3) is 0 Å². The number of nitrogens with two attached hydrogens (primary N) is 1. The number of likely N-dealkylation sites (tertiary alicyclic amines) is 1. The maximum absolute atomic E-state index is 12.3. The van der Waals surface area contributed by atoms with Gasteiger partial charge in [0.15, 0.2) is 0 Å². The second-order valence-electron chi connectivity index (χ2n) is 4.22. The van der Waals surface area contributed by atoms with E-state index in [0.29, 0.717) is 12.2 Å². The first-order valence-corrected chi connectivity index (χ1v) is 5.85. The molecule has 5 heteroatoms. The maximum atomic E-state index is 12.3. The number of piperidine rings is 1. The highest BCUT2D eigenvalue weighted by molar-refractivity contribution is 5.94. The first kappa shape index (κ1) is 12.0. The van der Waals surface area contributed by atoms with E-state index in [9.17, 15) is 4.79 Å². The highest BCUT2D eigenvalue weighted by atomic mass is 16.6. The summed E-state index contributed by atoms with van der Waals surface area (Å²) in [6.45, 7) is 1.16. The molecule has 1 aliphatic heterocycles. The van der Waals surface area contributed by atoms with Crippen molar-refractivity contribution in [2.45, 2.75) is 25.3 Å². The number of hydrogen-bond donors (Lipinski definition) is 1. The number of aromatic nitrogens is 1. The summed E-state index contributed by atoms with van der Waals surface area (Å²) in [5.41, 5.74) is 0.622. The van der Waals surface area contributed by atoms with Crippen molar-refractivity contribution in [2.24, 2.45) is 5.90 Å². The van der Waals surface area contributed by atoms with Gasteiger partial charge in [-0.25, -0.2) is 5.90 Å². The number of hydrogen-bond acceptors (Lipinski definition) is 4. The van der Waals surface area contributed by atoms with Crippen molar-refractivity contribution < 1.29 is 9.63 Å². The first-order chi connectivity index (χ1) is 8.33. The number of carbonyl (C=O) groups is 1. The Morgan fingerprint density at radius 1 is 1.59 bits per heavy atom. The van der Waals surface area contributed by atoms with Crippen molar-refractivity contribution in [1.82, 2.24) is 9.88 Å². The number of rotatable bonds is 3. The van der Waals surface area contributed by atoms with Gasteiger partial charge >= 0.3 is 0 Å². The van der Waals surface area contributed by atoms with Crippen molar-refractivity contribution in [3.05, 3.63) is 30.1 Å². The summed E-state index contributed by atoms with van der Waals surface area (Å²) >= 11 is 0. The normalized spacial score (nSPS) is 20.3. The third-order valence-corrected chi connectivity index (χ3v) is 3.09. The summed E-state index contributed by atoms with van der Waals surface area (Å²) in [5.74, 6) is 5.12. The van der Waals surface area contributed by atoms with Crippen molar-refractivity contribution in [1.29, 1.82) is 0 Å². The molecule has 0 aliphatic carbocycles. The van der Waals surface area contributed by atoms with Crippen LogP contribution in [0.2, 0.25) is 0 Å². The SMILES string of the molecule is NOCC1CCCCN1C(=O)c1cccnc1. The summed E-state index contributed by atoms with van der Waals surface area (Å²) in [6, 6.07) is 3.64. The van der Waals surface area contributed by atoms with Crippen molar-refractivity contribution in [2.75, 3.05) is 13.2 Å². The lowest BCUT2D eigenvalue weighted by atomic mass is 10.0. The fraction of sp³-hybridized carbons (Fsp3) is 0.500. The smallest absolute Gasteiger partial charge is 0.255 e. The van der Waals surface area contributed by atoms with E-state index >= 15 is 0 Å². The molecule has 0 saturated carbocycles. The molecule has 0 bridgehead atoms. The number of pyridine rings is 1. The molecule has 1 aromatic rings. The molecule has 5 nitrogen and oxygen atoms in total. The lowest BCUT2D eigenvalue weighted by molar-refractivity contribution is 0.0313. The minimum Gasteiger partial charge on any atom is -0.333 e. The second-order valence-corrected chi connectivity index (χ2v) is 4.22. The van der Waals surface area contributed by atoms with Gasteiger partial charge in [-0.1, -0.05) is 0 Å². The zero-order valence-electron chi connectivity index (χ0n) is 9.71. The second kappa shape index (κ2) is 5.75. The molecule has 2 rings (SSSR count). The van der Waals surface area contributed by atoms with Gasteiger partial charge in [0.2, 0.25) is 0 Å². The molecule has 0 aromatic carbocycles. The van der Waals surface area contributed by atoms with Crippen LogP contribution in [0.15, 0.2) is 24.5 Å². The molecule has 1 atom stereocenters. The van der Waals surface area contributed by atoms with Crippen LogP contribution in [-0.2, 0) is 4.84 Å². The summed E-state index contributed by atoms with van der Waals surface area (Å²) in [6.07, 6.45) is 6.35. The van der Waals surface area contributed by atoms with E-state index in [2.05, 4.69) is 9.82 Å². The molecule has 1 aromatic heterocycles.